The van der Waals surface area contributed by atoms with Crippen molar-refractivity contribution in [1.29, 1.82) is 0 Å². The first-order valence-electron chi connectivity index (χ1n) is 6.44. The molecule has 0 saturated heterocycles. The summed E-state index contributed by atoms with van der Waals surface area (Å²) in [5.74, 6) is 0.647. The van der Waals surface area contributed by atoms with E-state index in [1.54, 1.807) is 0 Å². The lowest BCUT2D eigenvalue weighted by Crippen LogP contribution is -2.24. The Morgan fingerprint density at radius 2 is 2.18 bits per heavy atom. The second-order valence-electron chi connectivity index (χ2n) is 5.27. The summed E-state index contributed by atoms with van der Waals surface area (Å²) in [6, 6.07) is 4.32. The van der Waals surface area contributed by atoms with E-state index in [9.17, 15) is 0 Å². The maximum absolute atomic E-state index is 4.57. The van der Waals surface area contributed by atoms with Gasteiger partial charge in [-0.25, -0.2) is 0 Å². The number of aromatic nitrogens is 1. The quantitative estimate of drug-likeness (QED) is 0.793. The Morgan fingerprint density at radius 3 is 2.82 bits per heavy atom. The predicted octanol–water partition coefficient (Wildman–Crippen LogP) is 3.14. The molecule has 0 spiro atoms. The molecule has 2 nitrogen and oxygen atoms in total. The van der Waals surface area contributed by atoms with Crippen molar-refractivity contribution in [2.45, 2.75) is 26.2 Å². The Bertz CT molecular complexity index is 390. The van der Waals surface area contributed by atoms with Gasteiger partial charge < -0.3 is 4.90 Å². The molecule has 0 fully saturated rings. The van der Waals surface area contributed by atoms with Gasteiger partial charge in [0.05, 0.1) is 5.69 Å². The minimum Gasteiger partial charge on any atom is -0.309 e. The Labute approximate surface area is 104 Å². The van der Waals surface area contributed by atoms with Gasteiger partial charge >= 0.3 is 0 Å². The molecule has 1 aliphatic carbocycles. The lowest BCUT2D eigenvalue weighted by atomic mass is 9.85. The van der Waals surface area contributed by atoms with Crippen molar-refractivity contribution in [3.8, 4) is 0 Å². The molecule has 0 aromatic carbocycles. The van der Waals surface area contributed by atoms with Crippen molar-refractivity contribution in [3.05, 3.63) is 35.7 Å². The van der Waals surface area contributed by atoms with Gasteiger partial charge in [-0.15, -0.1) is 0 Å². The van der Waals surface area contributed by atoms with Gasteiger partial charge in [0.2, 0.25) is 0 Å². The van der Waals surface area contributed by atoms with Gasteiger partial charge in [-0.3, -0.25) is 4.98 Å². The number of pyridine rings is 1. The maximum Gasteiger partial charge on any atom is 0.0661 e. The third-order valence-corrected chi connectivity index (χ3v) is 3.35. The van der Waals surface area contributed by atoms with E-state index in [-0.39, 0.29) is 0 Å². The molecule has 0 N–H and O–H groups in total. The average molecular weight is 230 g/mol. The standard InChI is InChI=1S/C15H22N2/c1-12-8-9-15(16-10-12)14-7-5-4-6-13(14)11-17(2)3/h7-10,13H,4-6,11H2,1-3H3. The molecule has 0 bridgehead atoms. The van der Waals surface area contributed by atoms with Crippen molar-refractivity contribution in [2.24, 2.45) is 5.92 Å². The molecule has 1 unspecified atom stereocenters. The molecule has 2 heteroatoms. The van der Waals surface area contributed by atoms with Gasteiger partial charge in [-0.1, -0.05) is 12.1 Å². The smallest absolute Gasteiger partial charge is 0.0661 e. The molecule has 1 aliphatic rings. The summed E-state index contributed by atoms with van der Waals surface area (Å²) in [4.78, 5) is 6.85. The summed E-state index contributed by atoms with van der Waals surface area (Å²) in [5, 5.41) is 0. The number of nitrogens with zero attached hydrogens (tertiary/aromatic N) is 2. The second-order valence-corrected chi connectivity index (χ2v) is 5.27. The Kier molecular flexibility index (Phi) is 3.95. The van der Waals surface area contributed by atoms with Gasteiger partial charge in [0, 0.05) is 12.7 Å². The first-order valence-corrected chi connectivity index (χ1v) is 6.44. The first-order chi connectivity index (χ1) is 8.16. The van der Waals surface area contributed by atoms with Crippen LogP contribution in [-0.4, -0.2) is 30.5 Å². The van der Waals surface area contributed by atoms with E-state index in [1.165, 1.54) is 36.1 Å². The summed E-state index contributed by atoms with van der Waals surface area (Å²) in [6.45, 7) is 3.21. The van der Waals surface area contributed by atoms with Crippen molar-refractivity contribution in [1.82, 2.24) is 9.88 Å². The van der Waals surface area contributed by atoms with Crippen LogP contribution < -0.4 is 0 Å². The molecule has 0 aliphatic heterocycles. The van der Waals surface area contributed by atoms with Crippen LogP contribution in [0.1, 0.15) is 30.5 Å². The summed E-state index contributed by atoms with van der Waals surface area (Å²) in [7, 11) is 4.30. The Hall–Kier alpha value is -1.15. The van der Waals surface area contributed by atoms with E-state index >= 15 is 0 Å². The van der Waals surface area contributed by atoms with Crippen LogP contribution in [0, 0.1) is 12.8 Å². The average Bonchev–Trinajstić information content (AvgIpc) is 2.30. The highest BCUT2D eigenvalue weighted by molar-refractivity contribution is 5.65. The number of hydrogen-bond acceptors (Lipinski definition) is 2. The van der Waals surface area contributed by atoms with E-state index in [2.05, 4.69) is 49.1 Å². The highest BCUT2D eigenvalue weighted by atomic mass is 15.1. The van der Waals surface area contributed by atoms with E-state index in [0.717, 1.165) is 6.54 Å². The van der Waals surface area contributed by atoms with Gasteiger partial charge in [0.15, 0.2) is 0 Å². The van der Waals surface area contributed by atoms with Crippen LogP contribution in [0.2, 0.25) is 0 Å². The summed E-state index contributed by atoms with van der Waals surface area (Å²) < 4.78 is 0. The molecule has 0 saturated carbocycles. The maximum atomic E-state index is 4.57. The highest BCUT2D eigenvalue weighted by Crippen LogP contribution is 2.31. The lowest BCUT2D eigenvalue weighted by molar-refractivity contribution is 0.346. The van der Waals surface area contributed by atoms with Crippen molar-refractivity contribution in [3.63, 3.8) is 0 Å². The molecular weight excluding hydrogens is 208 g/mol. The van der Waals surface area contributed by atoms with Crippen LogP contribution in [0.3, 0.4) is 0 Å². The number of allylic oxidation sites excluding steroid dienone is 1. The Balaban J connectivity index is 2.21. The molecule has 1 atom stereocenters. The van der Waals surface area contributed by atoms with E-state index in [0.29, 0.717) is 5.92 Å². The summed E-state index contributed by atoms with van der Waals surface area (Å²) in [5.41, 5.74) is 3.85. The van der Waals surface area contributed by atoms with E-state index in [1.807, 2.05) is 6.20 Å². The third-order valence-electron chi connectivity index (χ3n) is 3.35. The van der Waals surface area contributed by atoms with Crippen LogP contribution in [0.15, 0.2) is 24.4 Å². The van der Waals surface area contributed by atoms with Crippen LogP contribution in [0.4, 0.5) is 0 Å². The molecule has 0 amide bonds. The van der Waals surface area contributed by atoms with Crippen LogP contribution >= 0.6 is 0 Å². The van der Waals surface area contributed by atoms with Crippen LogP contribution in [0.25, 0.3) is 5.57 Å². The van der Waals surface area contributed by atoms with Crippen LogP contribution in [-0.2, 0) is 0 Å². The first kappa shape index (κ1) is 12.3. The monoisotopic (exact) mass is 230 g/mol. The normalized spacial score (nSPS) is 20.5. The molecule has 1 aromatic rings. The largest absolute Gasteiger partial charge is 0.309 e. The Morgan fingerprint density at radius 1 is 1.35 bits per heavy atom. The SMILES string of the molecule is Cc1ccc(C2=CCCCC2CN(C)C)nc1. The predicted molar refractivity (Wildman–Crippen MR) is 72.8 cm³/mol. The van der Waals surface area contributed by atoms with Crippen molar-refractivity contribution >= 4 is 5.57 Å². The van der Waals surface area contributed by atoms with E-state index < -0.39 is 0 Å². The zero-order chi connectivity index (χ0) is 12.3. The molecule has 92 valence electrons. The second kappa shape index (κ2) is 5.46. The number of rotatable bonds is 3. The molecule has 2 rings (SSSR count). The topological polar surface area (TPSA) is 16.1 Å². The fourth-order valence-electron chi connectivity index (χ4n) is 2.53. The van der Waals surface area contributed by atoms with Crippen molar-refractivity contribution < 1.29 is 0 Å². The van der Waals surface area contributed by atoms with Gasteiger partial charge in [-0.2, -0.15) is 0 Å². The van der Waals surface area contributed by atoms with Crippen molar-refractivity contribution in [2.75, 3.05) is 20.6 Å². The molecule has 0 radical (unpaired) electrons. The third kappa shape index (κ3) is 3.16. The van der Waals surface area contributed by atoms with E-state index in [4.69, 9.17) is 0 Å². The fraction of sp³-hybridized carbons (Fsp3) is 0.533. The minimum absolute atomic E-state index is 0.647. The zero-order valence-corrected chi connectivity index (χ0v) is 11.1. The summed E-state index contributed by atoms with van der Waals surface area (Å²) in [6.07, 6.45) is 8.16. The number of aryl methyl sites for hydroxylation is 1. The molecule has 1 heterocycles. The van der Waals surface area contributed by atoms with Crippen LogP contribution in [0.5, 0.6) is 0 Å². The van der Waals surface area contributed by atoms with Gasteiger partial charge in [-0.05, 0) is 63.4 Å². The van der Waals surface area contributed by atoms with Gasteiger partial charge in [0.1, 0.15) is 0 Å². The molecule has 1 aromatic heterocycles. The fourth-order valence-corrected chi connectivity index (χ4v) is 2.53. The summed E-state index contributed by atoms with van der Waals surface area (Å²) >= 11 is 0. The lowest BCUT2D eigenvalue weighted by Gasteiger charge is -2.26. The molecular formula is C15H22N2. The minimum atomic E-state index is 0.647. The zero-order valence-electron chi connectivity index (χ0n) is 11.1. The molecule has 17 heavy (non-hydrogen) atoms. The van der Waals surface area contributed by atoms with Gasteiger partial charge in [0.25, 0.3) is 0 Å². The highest BCUT2D eigenvalue weighted by Gasteiger charge is 2.20. The number of hydrogen-bond donors (Lipinski definition) is 0.